The minimum Gasteiger partial charge on any atom is -0.383 e. The Hall–Kier alpha value is -1.40. The third kappa shape index (κ3) is 5.29. The molecule has 1 atom stereocenters. The van der Waals surface area contributed by atoms with Crippen molar-refractivity contribution in [2.45, 2.75) is 19.4 Å². The van der Waals surface area contributed by atoms with Crippen molar-refractivity contribution in [3.8, 4) is 0 Å². The summed E-state index contributed by atoms with van der Waals surface area (Å²) >= 11 is 0. The molecule has 0 bridgehead atoms. The smallest absolute Gasteiger partial charge is 0.221 e. The van der Waals surface area contributed by atoms with Gasteiger partial charge in [0.1, 0.15) is 0 Å². The molecular formula is C12H22N4O2. The van der Waals surface area contributed by atoms with Gasteiger partial charge in [0.2, 0.25) is 5.91 Å². The lowest BCUT2D eigenvalue weighted by Crippen LogP contribution is -2.30. The number of rotatable bonds is 8. The van der Waals surface area contributed by atoms with Crippen LogP contribution in [0.25, 0.3) is 0 Å². The van der Waals surface area contributed by atoms with Crippen molar-refractivity contribution in [2.24, 2.45) is 7.05 Å². The number of aromatic nitrogens is 2. The van der Waals surface area contributed by atoms with Crippen LogP contribution in [0.15, 0.2) is 12.4 Å². The van der Waals surface area contributed by atoms with Gasteiger partial charge in [0, 0.05) is 51.5 Å². The molecule has 2 N–H and O–H groups in total. The van der Waals surface area contributed by atoms with Crippen LogP contribution in [0, 0.1) is 0 Å². The summed E-state index contributed by atoms with van der Waals surface area (Å²) in [7, 11) is 3.50. The fraction of sp³-hybridized carbons (Fsp3) is 0.667. The molecule has 1 rings (SSSR count). The maximum Gasteiger partial charge on any atom is 0.221 e. The second kappa shape index (κ2) is 7.84. The summed E-state index contributed by atoms with van der Waals surface area (Å²) in [5.41, 5.74) is 1.12. The number of carbonyl (C=O) groups is 1. The summed E-state index contributed by atoms with van der Waals surface area (Å²) in [5, 5.41) is 10.2. The van der Waals surface area contributed by atoms with E-state index >= 15 is 0 Å². The molecule has 18 heavy (non-hydrogen) atoms. The van der Waals surface area contributed by atoms with Gasteiger partial charge >= 0.3 is 0 Å². The molecule has 6 nitrogen and oxygen atoms in total. The van der Waals surface area contributed by atoms with Gasteiger partial charge in [0.25, 0.3) is 0 Å². The van der Waals surface area contributed by atoms with Crippen LogP contribution in [-0.2, 0) is 16.6 Å². The number of carbonyl (C=O) groups excluding carboxylic acids is 1. The molecule has 1 heterocycles. The zero-order chi connectivity index (χ0) is 13.4. The Kier molecular flexibility index (Phi) is 6.38. The van der Waals surface area contributed by atoms with Gasteiger partial charge in [0.05, 0.1) is 12.8 Å². The highest BCUT2D eigenvalue weighted by Crippen LogP contribution is 2.09. The van der Waals surface area contributed by atoms with Gasteiger partial charge in [-0.05, 0) is 6.92 Å². The zero-order valence-corrected chi connectivity index (χ0v) is 11.3. The van der Waals surface area contributed by atoms with Gasteiger partial charge in [-0.1, -0.05) is 0 Å². The molecule has 0 saturated carbocycles. The van der Waals surface area contributed by atoms with Crippen molar-refractivity contribution in [2.75, 3.05) is 26.8 Å². The molecule has 1 unspecified atom stereocenters. The number of nitrogens with one attached hydrogen (secondary N) is 2. The van der Waals surface area contributed by atoms with Gasteiger partial charge in [-0.2, -0.15) is 5.10 Å². The van der Waals surface area contributed by atoms with Crippen molar-refractivity contribution in [3.05, 3.63) is 18.0 Å². The van der Waals surface area contributed by atoms with Crippen LogP contribution in [0.2, 0.25) is 0 Å². The van der Waals surface area contributed by atoms with Crippen molar-refractivity contribution in [1.29, 1.82) is 0 Å². The molecule has 0 spiro atoms. The van der Waals surface area contributed by atoms with Crippen LogP contribution in [0.4, 0.5) is 0 Å². The van der Waals surface area contributed by atoms with Crippen LogP contribution in [0.3, 0.4) is 0 Å². The number of nitrogens with zero attached hydrogens (tertiary/aromatic N) is 2. The summed E-state index contributed by atoms with van der Waals surface area (Å²) in [4.78, 5) is 11.4. The average molecular weight is 254 g/mol. The van der Waals surface area contributed by atoms with Crippen LogP contribution < -0.4 is 10.6 Å². The van der Waals surface area contributed by atoms with E-state index in [2.05, 4.69) is 22.7 Å². The van der Waals surface area contributed by atoms with E-state index in [1.54, 1.807) is 11.8 Å². The van der Waals surface area contributed by atoms with E-state index in [4.69, 9.17) is 4.74 Å². The van der Waals surface area contributed by atoms with E-state index < -0.39 is 0 Å². The quantitative estimate of drug-likeness (QED) is 0.651. The lowest BCUT2D eigenvalue weighted by Gasteiger charge is -2.11. The zero-order valence-electron chi connectivity index (χ0n) is 11.3. The van der Waals surface area contributed by atoms with E-state index in [1.165, 1.54) is 0 Å². The average Bonchev–Trinajstić information content (AvgIpc) is 2.76. The maximum absolute atomic E-state index is 11.4. The molecule has 0 radical (unpaired) electrons. The first-order valence-electron chi connectivity index (χ1n) is 6.11. The molecule has 0 saturated heterocycles. The van der Waals surface area contributed by atoms with Crippen LogP contribution >= 0.6 is 0 Å². The fourth-order valence-corrected chi connectivity index (χ4v) is 1.56. The molecule has 6 heteroatoms. The molecule has 1 aromatic heterocycles. The van der Waals surface area contributed by atoms with Gasteiger partial charge in [-0.15, -0.1) is 0 Å². The molecular weight excluding hydrogens is 232 g/mol. The molecule has 0 aromatic carbocycles. The van der Waals surface area contributed by atoms with Crippen molar-refractivity contribution in [1.82, 2.24) is 20.4 Å². The molecule has 0 aliphatic heterocycles. The van der Waals surface area contributed by atoms with E-state index in [9.17, 15) is 4.79 Å². The molecule has 102 valence electrons. The summed E-state index contributed by atoms with van der Waals surface area (Å²) in [6.07, 6.45) is 4.26. The number of ether oxygens (including phenoxy) is 1. The van der Waals surface area contributed by atoms with Crippen molar-refractivity contribution >= 4 is 5.91 Å². The topological polar surface area (TPSA) is 68.2 Å². The van der Waals surface area contributed by atoms with E-state index in [-0.39, 0.29) is 11.9 Å². The molecule has 1 aromatic rings. The Morgan fingerprint density at radius 3 is 2.94 bits per heavy atom. The number of hydrogen-bond donors (Lipinski definition) is 2. The molecule has 0 fully saturated rings. The summed E-state index contributed by atoms with van der Waals surface area (Å²) in [6, 6.07) is 0.200. The lowest BCUT2D eigenvalue weighted by atomic mass is 10.2. The molecule has 0 aliphatic rings. The molecule has 1 amide bonds. The Labute approximate surface area is 108 Å². The number of methoxy groups -OCH3 is 1. The summed E-state index contributed by atoms with van der Waals surface area (Å²) in [5.74, 6) is 0.0398. The normalized spacial score (nSPS) is 12.4. The van der Waals surface area contributed by atoms with E-state index in [0.717, 1.165) is 5.56 Å². The Morgan fingerprint density at radius 2 is 2.33 bits per heavy atom. The Bertz CT molecular complexity index is 365. The predicted octanol–water partition coefficient (Wildman–Crippen LogP) is 0.223. The van der Waals surface area contributed by atoms with Gasteiger partial charge in [0.15, 0.2) is 0 Å². The maximum atomic E-state index is 11.4. The predicted molar refractivity (Wildman–Crippen MR) is 69.1 cm³/mol. The third-order valence-corrected chi connectivity index (χ3v) is 2.66. The van der Waals surface area contributed by atoms with E-state index in [0.29, 0.717) is 26.1 Å². The highest BCUT2D eigenvalue weighted by molar-refractivity contribution is 5.76. The first-order valence-corrected chi connectivity index (χ1v) is 6.11. The standard InChI is InChI=1S/C12H22N4O2/c1-10(11-8-15-16(2)9-11)13-5-4-12(17)14-6-7-18-3/h8-10,13H,4-7H2,1-3H3,(H,14,17). The van der Waals surface area contributed by atoms with Gasteiger partial charge in [-0.3, -0.25) is 9.48 Å². The first kappa shape index (κ1) is 14.7. The fourth-order valence-electron chi connectivity index (χ4n) is 1.56. The minimum atomic E-state index is 0.0398. The minimum absolute atomic E-state index is 0.0398. The monoisotopic (exact) mass is 254 g/mol. The number of hydrogen-bond acceptors (Lipinski definition) is 4. The second-order valence-electron chi connectivity index (χ2n) is 4.22. The lowest BCUT2D eigenvalue weighted by molar-refractivity contribution is -0.121. The van der Waals surface area contributed by atoms with Gasteiger partial charge < -0.3 is 15.4 Å². The van der Waals surface area contributed by atoms with Crippen molar-refractivity contribution < 1.29 is 9.53 Å². The third-order valence-electron chi connectivity index (χ3n) is 2.66. The van der Waals surface area contributed by atoms with Crippen LogP contribution in [0.1, 0.15) is 24.9 Å². The molecule has 0 aliphatic carbocycles. The largest absolute Gasteiger partial charge is 0.383 e. The SMILES string of the molecule is COCCNC(=O)CCNC(C)c1cnn(C)c1. The van der Waals surface area contributed by atoms with Gasteiger partial charge in [-0.25, -0.2) is 0 Å². The highest BCUT2D eigenvalue weighted by Gasteiger charge is 2.07. The van der Waals surface area contributed by atoms with Crippen molar-refractivity contribution in [3.63, 3.8) is 0 Å². The van der Waals surface area contributed by atoms with E-state index in [1.807, 2.05) is 19.4 Å². The first-order chi connectivity index (χ1) is 8.63. The van der Waals surface area contributed by atoms with Crippen LogP contribution in [-0.4, -0.2) is 42.5 Å². The second-order valence-corrected chi connectivity index (χ2v) is 4.22. The summed E-state index contributed by atoms with van der Waals surface area (Å²) < 4.78 is 6.62. The van der Waals surface area contributed by atoms with Crippen LogP contribution in [0.5, 0.6) is 0 Å². The Morgan fingerprint density at radius 1 is 1.56 bits per heavy atom. The number of amides is 1. The number of aryl methyl sites for hydroxylation is 1. The highest BCUT2D eigenvalue weighted by atomic mass is 16.5. The summed E-state index contributed by atoms with van der Waals surface area (Å²) in [6.45, 7) is 3.81. The Balaban J connectivity index is 2.15.